The zero-order valence-electron chi connectivity index (χ0n) is 10.7. The van der Waals surface area contributed by atoms with Crippen molar-refractivity contribution >= 4 is 11.5 Å². The highest BCUT2D eigenvalue weighted by molar-refractivity contribution is 6.09. The molecule has 0 atom stereocenters. The van der Waals surface area contributed by atoms with Crippen LogP contribution in [0.25, 0.3) is 0 Å². The Hall–Kier alpha value is -2.23. The molecule has 102 valence electrons. The van der Waals surface area contributed by atoms with Gasteiger partial charge in [-0.2, -0.15) is 0 Å². The Morgan fingerprint density at radius 2 is 1.75 bits per heavy atom. The minimum atomic E-state index is -0.887. The maximum atomic E-state index is 13.7. The molecule has 0 amide bonds. The van der Waals surface area contributed by atoms with Crippen molar-refractivity contribution in [3.8, 4) is 0 Å². The Kier molecular flexibility index (Phi) is 3.01. The molecule has 0 aliphatic heterocycles. The number of aryl methyl sites for hydroxylation is 2. The lowest BCUT2D eigenvalue weighted by atomic mass is 9.98. The van der Waals surface area contributed by atoms with Gasteiger partial charge in [-0.3, -0.25) is 4.79 Å². The zero-order chi connectivity index (χ0) is 14.3. The number of rotatable bonds is 2. The number of carbonyl (C=O) groups is 1. The maximum absolute atomic E-state index is 13.7. The van der Waals surface area contributed by atoms with Gasteiger partial charge in [0.2, 0.25) is 0 Å². The molecule has 4 heteroatoms. The predicted octanol–water partition coefficient (Wildman–Crippen LogP) is 3.27. The van der Waals surface area contributed by atoms with Crippen LogP contribution in [0.2, 0.25) is 0 Å². The van der Waals surface area contributed by atoms with Crippen LogP contribution in [0, 0.1) is 11.6 Å². The van der Waals surface area contributed by atoms with Crippen molar-refractivity contribution in [3.05, 3.63) is 64.2 Å². The monoisotopic (exact) mass is 273 g/mol. The van der Waals surface area contributed by atoms with Gasteiger partial charge >= 0.3 is 0 Å². The summed E-state index contributed by atoms with van der Waals surface area (Å²) in [5.41, 5.74) is 7.76. The first-order valence-corrected chi connectivity index (χ1v) is 6.47. The summed E-state index contributed by atoms with van der Waals surface area (Å²) in [6, 6.07) is 7.09. The number of carbonyl (C=O) groups excluding carboxylic acids is 1. The number of nitrogens with two attached hydrogens (primary N) is 1. The lowest BCUT2D eigenvalue weighted by Gasteiger charge is -2.07. The Morgan fingerprint density at radius 3 is 2.55 bits per heavy atom. The van der Waals surface area contributed by atoms with Gasteiger partial charge < -0.3 is 5.73 Å². The molecule has 0 radical (unpaired) electrons. The number of anilines is 1. The molecular formula is C16H13F2NO. The van der Waals surface area contributed by atoms with Gasteiger partial charge in [-0.25, -0.2) is 8.78 Å². The molecule has 1 aliphatic rings. The summed E-state index contributed by atoms with van der Waals surface area (Å²) in [7, 11) is 0. The van der Waals surface area contributed by atoms with E-state index in [0.717, 1.165) is 30.9 Å². The molecule has 20 heavy (non-hydrogen) atoms. The van der Waals surface area contributed by atoms with Crippen molar-refractivity contribution < 1.29 is 13.6 Å². The Labute approximate surface area is 115 Å². The van der Waals surface area contributed by atoms with Gasteiger partial charge in [0, 0.05) is 11.6 Å². The molecule has 0 aromatic heterocycles. The molecule has 3 rings (SSSR count). The van der Waals surface area contributed by atoms with Crippen LogP contribution in [-0.4, -0.2) is 5.78 Å². The van der Waals surface area contributed by atoms with E-state index in [1.807, 2.05) is 6.07 Å². The van der Waals surface area contributed by atoms with Crippen LogP contribution >= 0.6 is 0 Å². The highest BCUT2D eigenvalue weighted by atomic mass is 19.1. The minimum Gasteiger partial charge on any atom is -0.396 e. The van der Waals surface area contributed by atoms with Gasteiger partial charge in [-0.05, 0) is 42.5 Å². The van der Waals surface area contributed by atoms with Crippen LogP contribution in [0.15, 0.2) is 30.3 Å². The summed E-state index contributed by atoms with van der Waals surface area (Å²) in [5, 5.41) is 0. The minimum absolute atomic E-state index is 0.193. The van der Waals surface area contributed by atoms with E-state index in [-0.39, 0.29) is 11.3 Å². The quantitative estimate of drug-likeness (QED) is 0.674. The number of ketones is 1. The van der Waals surface area contributed by atoms with Crippen LogP contribution in [0.1, 0.15) is 33.5 Å². The van der Waals surface area contributed by atoms with Crippen molar-refractivity contribution in [1.82, 2.24) is 0 Å². The van der Waals surface area contributed by atoms with Crippen molar-refractivity contribution in [2.45, 2.75) is 19.3 Å². The van der Waals surface area contributed by atoms with Crippen LogP contribution in [0.4, 0.5) is 14.5 Å². The average molecular weight is 273 g/mol. The molecule has 1 aliphatic carbocycles. The molecule has 0 fully saturated rings. The van der Waals surface area contributed by atoms with Gasteiger partial charge in [0.25, 0.3) is 0 Å². The SMILES string of the molecule is Nc1cc(C(=O)c2ccc3c(c2)CCC3)c(F)cc1F. The second-order valence-electron chi connectivity index (χ2n) is 5.02. The van der Waals surface area contributed by atoms with Crippen molar-refractivity contribution in [2.75, 3.05) is 5.73 Å². The molecule has 2 aromatic carbocycles. The second kappa shape index (κ2) is 4.71. The lowest BCUT2D eigenvalue weighted by Crippen LogP contribution is -2.07. The summed E-state index contributed by atoms with van der Waals surface area (Å²) in [6.45, 7) is 0. The van der Waals surface area contributed by atoms with Gasteiger partial charge in [0.15, 0.2) is 5.78 Å². The fourth-order valence-electron chi connectivity index (χ4n) is 2.61. The van der Waals surface area contributed by atoms with E-state index in [2.05, 4.69) is 0 Å². The van der Waals surface area contributed by atoms with E-state index < -0.39 is 17.4 Å². The topological polar surface area (TPSA) is 43.1 Å². The Balaban J connectivity index is 2.03. The fraction of sp³-hybridized carbons (Fsp3) is 0.188. The molecule has 0 spiro atoms. The number of hydrogen-bond donors (Lipinski definition) is 1. The van der Waals surface area contributed by atoms with Gasteiger partial charge in [0.05, 0.1) is 11.3 Å². The van der Waals surface area contributed by atoms with E-state index in [9.17, 15) is 13.6 Å². The average Bonchev–Trinajstić information content (AvgIpc) is 2.89. The molecule has 0 saturated heterocycles. The Bertz CT molecular complexity index is 710. The summed E-state index contributed by atoms with van der Waals surface area (Å²) < 4.78 is 26.9. The highest BCUT2D eigenvalue weighted by Gasteiger charge is 2.19. The third-order valence-electron chi connectivity index (χ3n) is 3.69. The summed E-state index contributed by atoms with van der Waals surface area (Å²) in [5.74, 6) is -2.21. The molecule has 2 aromatic rings. The number of halogens is 2. The standard InChI is InChI=1S/C16H13F2NO/c17-13-8-14(18)15(19)7-12(13)16(20)11-5-4-9-2-1-3-10(9)6-11/h4-8H,1-3,19H2. The number of fused-ring (bicyclic) bond motifs is 1. The van der Waals surface area contributed by atoms with E-state index in [1.54, 1.807) is 12.1 Å². The van der Waals surface area contributed by atoms with Crippen LogP contribution in [0.3, 0.4) is 0 Å². The Morgan fingerprint density at radius 1 is 1.00 bits per heavy atom. The third kappa shape index (κ3) is 2.07. The molecule has 0 saturated carbocycles. The predicted molar refractivity (Wildman–Crippen MR) is 72.7 cm³/mol. The lowest BCUT2D eigenvalue weighted by molar-refractivity contribution is 0.103. The molecule has 0 unspecified atom stereocenters. The van der Waals surface area contributed by atoms with Gasteiger partial charge in [-0.15, -0.1) is 0 Å². The van der Waals surface area contributed by atoms with E-state index in [4.69, 9.17) is 5.73 Å². The summed E-state index contributed by atoms with van der Waals surface area (Å²) in [6.07, 6.45) is 3.02. The molecule has 2 nitrogen and oxygen atoms in total. The largest absolute Gasteiger partial charge is 0.396 e. The first-order chi connectivity index (χ1) is 9.56. The zero-order valence-corrected chi connectivity index (χ0v) is 10.7. The second-order valence-corrected chi connectivity index (χ2v) is 5.02. The van der Waals surface area contributed by atoms with Crippen molar-refractivity contribution in [2.24, 2.45) is 0 Å². The van der Waals surface area contributed by atoms with E-state index in [0.29, 0.717) is 11.6 Å². The molecule has 0 heterocycles. The first kappa shape index (κ1) is 12.8. The normalized spacial score (nSPS) is 13.3. The van der Waals surface area contributed by atoms with Crippen LogP contribution < -0.4 is 5.73 Å². The van der Waals surface area contributed by atoms with Crippen molar-refractivity contribution in [1.29, 1.82) is 0 Å². The fourth-order valence-corrected chi connectivity index (χ4v) is 2.61. The highest BCUT2D eigenvalue weighted by Crippen LogP contribution is 2.25. The van der Waals surface area contributed by atoms with Crippen molar-refractivity contribution in [3.63, 3.8) is 0 Å². The third-order valence-corrected chi connectivity index (χ3v) is 3.69. The van der Waals surface area contributed by atoms with Crippen LogP contribution in [-0.2, 0) is 12.8 Å². The summed E-state index contributed by atoms with van der Waals surface area (Å²) in [4.78, 5) is 12.3. The summed E-state index contributed by atoms with van der Waals surface area (Å²) >= 11 is 0. The molecular weight excluding hydrogens is 260 g/mol. The number of hydrogen-bond acceptors (Lipinski definition) is 2. The van der Waals surface area contributed by atoms with Crippen LogP contribution in [0.5, 0.6) is 0 Å². The molecule has 2 N–H and O–H groups in total. The molecule has 0 bridgehead atoms. The van der Waals surface area contributed by atoms with E-state index in [1.165, 1.54) is 5.56 Å². The first-order valence-electron chi connectivity index (χ1n) is 6.47. The number of nitrogen functional groups attached to an aromatic ring is 1. The van der Waals surface area contributed by atoms with E-state index >= 15 is 0 Å². The smallest absolute Gasteiger partial charge is 0.196 e. The number of benzene rings is 2. The van der Waals surface area contributed by atoms with Gasteiger partial charge in [0.1, 0.15) is 11.6 Å². The van der Waals surface area contributed by atoms with Gasteiger partial charge in [-0.1, -0.05) is 12.1 Å². The maximum Gasteiger partial charge on any atom is 0.196 e.